The van der Waals surface area contributed by atoms with E-state index in [1.807, 2.05) is 18.2 Å². The number of carbonyl (C=O) groups is 1. The quantitative estimate of drug-likeness (QED) is 0.633. The molecule has 3 rings (SSSR count). The molecule has 2 aromatic rings. The predicted octanol–water partition coefficient (Wildman–Crippen LogP) is 5.42. The van der Waals surface area contributed by atoms with Crippen molar-refractivity contribution in [2.45, 2.75) is 43.8 Å². The Morgan fingerprint density at radius 2 is 1.61 bits per heavy atom. The van der Waals surface area contributed by atoms with Crippen molar-refractivity contribution >= 4 is 18.3 Å². The Morgan fingerprint density at radius 1 is 1.06 bits per heavy atom. The average Bonchev–Trinajstić information content (AvgIpc) is 2.72. The number of rotatable bonds is 6. The number of hydrogen-bond acceptors (Lipinski definition) is 2. The van der Waals surface area contributed by atoms with Crippen LogP contribution in [0, 0.1) is 11.8 Å². The van der Waals surface area contributed by atoms with Gasteiger partial charge < -0.3 is 5.73 Å². The van der Waals surface area contributed by atoms with E-state index < -0.39 is 23.6 Å². The summed E-state index contributed by atoms with van der Waals surface area (Å²) in [6, 6.07) is 15.7. The van der Waals surface area contributed by atoms with Crippen molar-refractivity contribution in [3.8, 4) is 0 Å². The lowest BCUT2D eigenvalue weighted by Crippen LogP contribution is -2.46. The molecule has 170 valence electrons. The summed E-state index contributed by atoms with van der Waals surface area (Å²) in [5.41, 5.74) is 6.23. The van der Waals surface area contributed by atoms with Gasteiger partial charge in [-0.05, 0) is 69.3 Å². The number of primary amides is 1. The van der Waals surface area contributed by atoms with Gasteiger partial charge in [-0.2, -0.15) is 13.2 Å². The standard InChI is InChI=1S/C24H29F3N2O.ClH/c1-29(2)23(19-9-4-3-5-10-19)14-12-17(13-15-23)20(22(28)30)16-18-8-6-7-11-21(18)24(25,26)27;/h3-11,17,20H,12-16H2,1-2H3,(H2,28,30);1H. The molecule has 0 saturated heterocycles. The molecule has 1 fully saturated rings. The number of nitrogens with two attached hydrogens (primary N) is 1. The van der Waals surface area contributed by atoms with Gasteiger partial charge in [-0.15, -0.1) is 12.4 Å². The second kappa shape index (κ2) is 10.0. The molecule has 31 heavy (non-hydrogen) atoms. The summed E-state index contributed by atoms with van der Waals surface area (Å²) in [5, 5.41) is 0. The third-order valence-electron chi connectivity index (χ3n) is 6.72. The van der Waals surface area contributed by atoms with Gasteiger partial charge in [0.25, 0.3) is 0 Å². The number of alkyl halides is 3. The number of amides is 1. The van der Waals surface area contributed by atoms with Gasteiger partial charge in [-0.1, -0.05) is 48.5 Å². The molecule has 0 heterocycles. The summed E-state index contributed by atoms with van der Waals surface area (Å²) in [4.78, 5) is 14.5. The van der Waals surface area contributed by atoms with Crippen LogP contribution in [0.15, 0.2) is 54.6 Å². The highest BCUT2D eigenvalue weighted by atomic mass is 35.5. The van der Waals surface area contributed by atoms with Crippen molar-refractivity contribution in [1.82, 2.24) is 4.90 Å². The minimum Gasteiger partial charge on any atom is -0.369 e. The summed E-state index contributed by atoms with van der Waals surface area (Å²) >= 11 is 0. The van der Waals surface area contributed by atoms with E-state index in [1.165, 1.54) is 17.7 Å². The number of carbonyl (C=O) groups excluding carboxylic acids is 1. The third kappa shape index (κ3) is 5.42. The number of halogens is 4. The molecule has 1 amide bonds. The maximum atomic E-state index is 13.4. The summed E-state index contributed by atoms with van der Waals surface area (Å²) < 4.78 is 40.2. The Balaban J connectivity index is 0.00000341. The van der Waals surface area contributed by atoms with Crippen LogP contribution in [0.5, 0.6) is 0 Å². The van der Waals surface area contributed by atoms with Crippen LogP contribution in [0.25, 0.3) is 0 Å². The lowest BCUT2D eigenvalue weighted by atomic mass is 9.67. The van der Waals surface area contributed by atoms with Crippen LogP contribution in [-0.4, -0.2) is 24.9 Å². The van der Waals surface area contributed by atoms with Crippen molar-refractivity contribution in [2.75, 3.05) is 14.1 Å². The molecular weight excluding hydrogens is 425 g/mol. The van der Waals surface area contributed by atoms with Crippen LogP contribution < -0.4 is 5.73 Å². The molecule has 1 unspecified atom stereocenters. The SMILES string of the molecule is CN(C)C1(c2ccccc2)CCC(C(Cc2ccccc2C(F)(F)F)C(N)=O)CC1.Cl. The molecular formula is C24H30ClF3N2O. The van der Waals surface area contributed by atoms with Gasteiger partial charge >= 0.3 is 6.18 Å². The second-order valence-corrected chi connectivity index (χ2v) is 8.50. The highest BCUT2D eigenvalue weighted by Crippen LogP contribution is 2.45. The molecule has 1 aliphatic carbocycles. The molecule has 2 aromatic carbocycles. The molecule has 1 aliphatic rings. The summed E-state index contributed by atoms with van der Waals surface area (Å²) in [6.07, 6.45) is -1.27. The van der Waals surface area contributed by atoms with Gasteiger partial charge in [0, 0.05) is 11.5 Å². The van der Waals surface area contributed by atoms with E-state index in [9.17, 15) is 18.0 Å². The molecule has 1 atom stereocenters. The zero-order chi connectivity index (χ0) is 21.9. The van der Waals surface area contributed by atoms with E-state index in [0.29, 0.717) is 0 Å². The third-order valence-corrected chi connectivity index (χ3v) is 6.72. The van der Waals surface area contributed by atoms with Gasteiger partial charge in [-0.3, -0.25) is 9.69 Å². The van der Waals surface area contributed by atoms with E-state index in [-0.39, 0.29) is 35.8 Å². The molecule has 2 N–H and O–H groups in total. The Morgan fingerprint density at radius 3 is 2.13 bits per heavy atom. The van der Waals surface area contributed by atoms with E-state index in [2.05, 4.69) is 31.1 Å². The van der Waals surface area contributed by atoms with Gasteiger partial charge in [0.2, 0.25) is 5.91 Å². The minimum atomic E-state index is -4.45. The van der Waals surface area contributed by atoms with Crippen LogP contribution in [0.1, 0.15) is 42.4 Å². The largest absolute Gasteiger partial charge is 0.416 e. The Kier molecular flexibility index (Phi) is 8.17. The maximum Gasteiger partial charge on any atom is 0.416 e. The van der Waals surface area contributed by atoms with E-state index in [1.54, 1.807) is 6.07 Å². The Bertz CT molecular complexity index is 863. The lowest BCUT2D eigenvalue weighted by Gasteiger charge is -2.46. The van der Waals surface area contributed by atoms with E-state index in [0.717, 1.165) is 31.7 Å². The minimum absolute atomic E-state index is 0. The monoisotopic (exact) mass is 454 g/mol. The first-order valence-corrected chi connectivity index (χ1v) is 10.3. The summed E-state index contributed by atoms with van der Waals surface area (Å²) in [5.74, 6) is -1.15. The molecule has 0 spiro atoms. The van der Waals surface area contributed by atoms with E-state index >= 15 is 0 Å². The number of hydrogen-bond donors (Lipinski definition) is 1. The normalized spacial score (nSPS) is 22.6. The summed E-state index contributed by atoms with van der Waals surface area (Å²) in [7, 11) is 4.11. The van der Waals surface area contributed by atoms with Gasteiger partial charge in [-0.25, -0.2) is 0 Å². The van der Waals surface area contributed by atoms with E-state index in [4.69, 9.17) is 5.73 Å². The van der Waals surface area contributed by atoms with Crippen molar-refractivity contribution in [3.63, 3.8) is 0 Å². The lowest BCUT2D eigenvalue weighted by molar-refractivity contribution is -0.138. The maximum absolute atomic E-state index is 13.4. The van der Waals surface area contributed by atoms with Crippen LogP contribution in [0.2, 0.25) is 0 Å². The number of benzene rings is 2. The zero-order valence-electron chi connectivity index (χ0n) is 17.9. The van der Waals surface area contributed by atoms with Crippen LogP contribution in [-0.2, 0) is 22.9 Å². The molecule has 0 bridgehead atoms. The molecule has 7 heteroatoms. The topological polar surface area (TPSA) is 46.3 Å². The highest BCUT2D eigenvalue weighted by molar-refractivity contribution is 5.85. The van der Waals surface area contributed by atoms with Crippen molar-refractivity contribution in [1.29, 1.82) is 0 Å². The molecule has 0 aromatic heterocycles. The molecule has 3 nitrogen and oxygen atoms in total. The van der Waals surface area contributed by atoms with Crippen LogP contribution in [0.4, 0.5) is 13.2 Å². The highest BCUT2D eigenvalue weighted by Gasteiger charge is 2.42. The van der Waals surface area contributed by atoms with Crippen molar-refractivity contribution in [2.24, 2.45) is 17.6 Å². The van der Waals surface area contributed by atoms with Crippen molar-refractivity contribution < 1.29 is 18.0 Å². The molecule has 0 radical (unpaired) electrons. The fourth-order valence-corrected chi connectivity index (χ4v) is 4.97. The van der Waals surface area contributed by atoms with Crippen molar-refractivity contribution in [3.05, 3.63) is 71.3 Å². The molecule has 1 saturated carbocycles. The Labute approximate surface area is 188 Å². The van der Waals surface area contributed by atoms with Crippen LogP contribution in [0.3, 0.4) is 0 Å². The van der Waals surface area contributed by atoms with Crippen LogP contribution >= 0.6 is 12.4 Å². The van der Waals surface area contributed by atoms with Gasteiger partial charge in [0.1, 0.15) is 0 Å². The first kappa shape index (κ1) is 25.2. The van der Waals surface area contributed by atoms with Gasteiger partial charge in [0.05, 0.1) is 5.56 Å². The number of nitrogens with zero attached hydrogens (tertiary/aromatic N) is 1. The zero-order valence-corrected chi connectivity index (χ0v) is 18.7. The fourth-order valence-electron chi connectivity index (χ4n) is 4.97. The average molecular weight is 455 g/mol. The predicted molar refractivity (Wildman–Crippen MR) is 119 cm³/mol. The summed E-state index contributed by atoms with van der Waals surface area (Å²) in [6.45, 7) is 0. The second-order valence-electron chi connectivity index (χ2n) is 8.50. The first-order valence-electron chi connectivity index (χ1n) is 10.3. The van der Waals surface area contributed by atoms with Gasteiger partial charge in [0.15, 0.2) is 0 Å². The first-order chi connectivity index (χ1) is 14.1. The smallest absolute Gasteiger partial charge is 0.369 e. The molecule has 0 aliphatic heterocycles. The Hall–Kier alpha value is -2.05. The fraction of sp³-hybridized carbons (Fsp3) is 0.458.